The molecule has 3 rings (SSSR count). The number of carbonyl (C=O) groups is 1. The van der Waals surface area contributed by atoms with Crippen LogP contribution in [0.2, 0.25) is 0 Å². The number of ether oxygens (including phenoxy) is 1. The van der Waals surface area contributed by atoms with Crippen LogP contribution in [0.1, 0.15) is 75.8 Å². The SMILES string of the molecule is CCCC(C)C(C)CC(=O)Oc1cccc2c1CCC(N(CCC)CCc1cccs1)C2. The van der Waals surface area contributed by atoms with Gasteiger partial charge >= 0.3 is 5.97 Å². The van der Waals surface area contributed by atoms with Gasteiger partial charge in [0.1, 0.15) is 5.75 Å². The van der Waals surface area contributed by atoms with E-state index in [1.165, 1.54) is 22.4 Å². The van der Waals surface area contributed by atoms with Gasteiger partial charge in [-0.3, -0.25) is 9.69 Å². The number of benzene rings is 1. The molecule has 0 saturated heterocycles. The molecular formula is C28H41NO2S. The predicted molar refractivity (Wildman–Crippen MR) is 136 cm³/mol. The minimum absolute atomic E-state index is 0.0838. The quantitative estimate of drug-likeness (QED) is 0.257. The molecule has 3 unspecified atom stereocenters. The van der Waals surface area contributed by atoms with Gasteiger partial charge in [-0.25, -0.2) is 0 Å². The van der Waals surface area contributed by atoms with Crippen LogP contribution >= 0.6 is 11.3 Å². The first-order valence-electron chi connectivity index (χ1n) is 12.6. The molecule has 4 heteroatoms. The molecule has 1 aliphatic carbocycles. The van der Waals surface area contributed by atoms with Crippen LogP contribution in [-0.2, 0) is 24.1 Å². The van der Waals surface area contributed by atoms with Gasteiger partial charge in [-0.1, -0.05) is 58.7 Å². The maximum atomic E-state index is 12.6. The number of carbonyl (C=O) groups excluding carboxylic acids is 1. The summed E-state index contributed by atoms with van der Waals surface area (Å²) in [6.45, 7) is 11.2. The van der Waals surface area contributed by atoms with E-state index in [1.807, 2.05) is 17.4 Å². The van der Waals surface area contributed by atoms with Crippen molar-refractivity contribution in [3.63, 3.8) is 0 Å². The Morgan fingerprint density at radius 2 is 1.97 bits per heavy atom. The van der Waals surface area contributed by atoms with Crippen molar-refractivity contribution in [2.75, 3.05) is 13.1 Å². The smallest absolute Gasteiger partial charge is 0.311 e. The monoisotopic (exact) mass is 455 g/mol. The lowest BCUT2D eigenvalue weighted by Crippen LogP contribution is -2.41. The number of fused-ring (bicyclic) bond motifs is 1. The van der Waals surface area contributed by atoms with E-state index in [2.05, 4.69) is 62.2 Å². The molecule has 2 aromatic rings. The molecular weight excluding hydrogens is 414 g/mol. The standard InChI is InChI=1S/C28H41NO2S/c1-5-9-21(3)22(4)19-28(30)31-27-12-7-10-23-20-24(13-14-26(23)27)29(16-6-2)17-15-25-11-8-18-32-25/h7-8,10-12,18,21-22,24H,5-6,9,13-17,19-20H2,1-4H3. The number of thiophene rings is 1. The number of hydrogen-bond donors (Lipinski definition) is 0. The Bertz CT molecular complexity index is 832. The Kier molecular flexibility index (Phi) is 9.80. The largest absolute Gasteiger partial charge is 0.426 e. The number of rotatable bonds is 12. The molecule has 0 fully saturated rings. The van der Waals surface area contributed by atoms with Crippen LogP contribution in [0, 0.1) is 11.8 Å². The predicted octanol–water partition coefficient (Wildman–Crippen LogP) is 6.93. The number of nitrogens with zero attached hydrogens (tertiary/aromatic N) is 1. The van der Waals surface area contributed by atoms with Crippen molar-refractivity contribution in [2.45, 2.75) is 85.1 Å². The summed E-state index contributed by atoms with van der Waals surface area (Å²) in [5.74, 6) is 1.62. The van der Waals surface area contributed by atoms with Gasteiger partial charge in [0, 0.05) is 23.9 Å². The van der Waals surface area contributed by atoms with Gasteiger partial charge in [0.05, 0.1) is 0 Å². The second-order valence-corrected chi connectivity index (χ2v) is 10.6. The molecule has 0 saturated carbocycles. The van der Waals surface area contributed by atoms with E-state index >= 15 is 0 Å². The first-order valence-corrected chi connectivity index (χ1v) is 13.5. The molecule has 3 atom stereocenters. The van der Waals surface area contributed by atoms with Gasteiger partial charge in [0.2, 0.25) is 0 Å². The fourth-order valence-corrected chi connectivity index (χ4v) is 5.70. The van der Waals surface area contributed by atoms with Crippen LogP contribution in [0.5, 0.6) is 5.75 Å². The number of esters is 1. The van der Waals surface area contributed by atoms with E-state index in [4.69, 9.17) is 4.74 Å². The third-order valence-electron chi connectivity index (χ3n) is 7.09. The second-order valence-electron chi connectivity index (χ2n) is 9.58. The van der Waals surface area contributed by atoms with Crippen molar-refractivity contribution in [1.29, 1.82) is 0 Å². The highest BCUT2D eigenvalue weighted by molar-refractivity contribution is 7.09. The Morgan fingerprint density at radius 1 is 1.12 bits per heavy atom. The van der Waals surface area contributed by atoms with Crippen LogP contribution in [0.15, 0.2) is 35.7 Å². The van der Waals surface area contributed by atoms with E-state index in [-0.39, 0.29) is 5.97 Å². The average molecular weight is 456 g/mol. The average Bonchev–Trinajstić information content (AvgIpc) is 3.30. The number of hydrogen-bond acceptors (Lipinski definition) is 4. The highest BCUT2D eigenvalue weighted by Gasteiger charge is 2.26. The molecule has 32 heavy (non-hydrogen) atoms. The molecule has 3 nitrogen and oxygen atoms in total. The fraction of sp³-hybridized carbons (Fsp3) is 0.607. The van der Waals surface area contributed by atoms with Gasteiger partial charge in [-0.05, 0) is 79.1 Å². The lowest BCUT2D eigenvalue weighted by molar-refractivity contribution is -0.135. The van der Waals surface area contributed by atoms with E-state index in [0.29, 0.717) is 24.3 Å². The van der Waals surface area contributed by atoms with E-state index < -0.39 is 0 Å². The molecule has 1 heterocycles. The summed E-state index contributed by atoms with van der Waals surface area (Å²) in [5.41, 5.74) is 2.61. The lowest BCUT2D eigenvalue weighted by atomic mass is 9.86. The molecule has 0 aliphatic heterocycles. The summed E-state index contributed by atoms with van der Waals surface area (Å²) in [4.78, 5) is 16.8. The van der Waals surface area contributed by atoms with Gasteiger partial charge in [-0.2, -0.15) is 0 Å². The van der Waals surface area contributed by atoms with Crippen LogP contribution < -0.4 is 4.74 Å². The van der Waals surface area contributed by atoms with Crippen molar-refractivity contribution in [3.05, 3.63) is 51.7 Å². The van der Waals surface area contributed by atoms with E-state index in [9.17, 15) is 4.79 Å². The maximum absolute atomic E-state index is 12.6. The molecule has 0 amide bonds. The normalized spacial score (nSPS) is 17.7. The fourth-order valence-electron chi connectivity index (χ4n) is 5.00. The topological polar surface area (TPSA) is 29.5 Å². The molecule has 0 radical (unpaired) electrons. The van der Waals surface area contributed by atoms with Gasteiger partial charge in [0.25, 0.3) is 0 Å². The van der Waals surface area contributed by atoms with Gasteiger partial charge in [-0.15, -0.1) is 11.3 Å². The van der Waals surface area contributed by atoms with Crippen LogP contribution in [-0.4, -0.2) is 30.0 Å². The zero-order valence-corrected chi connectivity index (χ0v) is 21.3. The minimum Gasteiger partial charge on any atom is -0.426 e. The molecule has 1 aromatic heterocycles. The second kappa shape index (κ2) is 12.6. The van der Waals surface area contributed by atoms with Crippen molar-refractivity contribution in [1.82, 2.24) is 4.90 Å². The van der Waals surface area contributed by atoms with Crippen LogP contribution in [0.25, 0.3) is 0 Å². The summed E-state index contributed by atoms with van der Waals surface area (Å²) in [7, 11) is 0. The Labute approximate surface area is 199 Å². The van der Waals surface area contributed by atoms with E-state index in [1.54, 1.807) is 0 Å². The van der Waals surface area contributed by atoms with E-state index in [0.717, 1.165) is 57.4 Å². The first-order chi connectivity index (χ1) is 15.5. The highest BCUT2D eigenvalue weighted by atomic mass is 32.1. The maximum Gasteiger partial charge on any atom is 0.311 e. The Hall–Kier alpha value is -1.65. The summed E-state index contributed by atoms with van der Waals surface area (Å²) in [6.07, 6.45) is 8.32. The molecule has 1 aliphatic rings. The minimum atomic E-state index is -0.0838. The molecule has 0 spiro atoms. The van der Waals surface area contributed by atoms with Crippen molar-refractivity contribution in [3.8, 4) is 5.75 Å². The Balaban J connectivity index is 1.61. The molecule has 0 bridgehead atoms. The zero-order chi connectivity index (χ0) is 22.9. The zero-order valence-electron chi connectivity index (χ0n) is 20.4. The molecule has 1 aromatic carbocycles. The first kappa shape index (κ1) is 25.0. The van der Waals surface area contributed by atoms with Gasteiger partial charge < -0.3 is 4.74 Å². The third-order valence-corrected chi connectivity index (χ3v) is 8.03. The third kappa shape index (κ3) is 6.92. The highest BCUT2D eigenvalue weighted by Crippen LogP contribution is 2.32. The van der Waals surface area contributed by atoms with Crippen LogP contribution in [0.3, 0.4) is 0 Å². The van der Waals surface area contributed by atoms with Crippen molar-refractivity contribution < 1.29 is 9.53 Å². The van der Waals surface area contributed by atoms with Crippen molar-refractivity contribution in [2.24, 2.45) is 11.8 Å². The summed E-state index contributed by atoms with van der Waals surface area (Å²) < 4.78 is 5.90. The van der Waals surface area contributed by atoms with Gasteiger partial charge in [0.15, 0.2) is 0 Å². The molecule has 0 N–H and O–H groups in total. The van der Waals surface area contributed by atoms with Crippen LogP contribution in [0.4, 0.5) is 0 Å². The summed E-state index contributed by atoms with van der Waals surface area (Å²) in [5, 5.41) is 2.17. The summed E-state index contributed by atoms with van der Waals surface area (Å²) in [6, 6.07) is 11.2. The van der Waals surface area contributed by atoms with Crippen molar-refractivity contribution >= 4 is 17.3 Å². The summed E-state index contributed by atoms with van der Waals surface area (Å²) >= 11 is 1.86. The molecule has 176 valence electrons. The Morgan fingerprint density at radius 3 is 2.69 bits per heavy atom. The lowest BCUT2D eigenvalue weighted by Gasteiger charge is -2.35.